The molecule has 0 aromatic rings. The van der Waals surface area contributed by atoms with Gasteiger partial charge in [-0.15, -0.1) is 0 Å². The average Bonchev–Trinajstić information content (AvgIpc) is 2.00. The number of aliphatic carboxylic acids is 1. The number of allylic oxidation sites excluding steroid dienone is 1. The molecule has 0 unspecified atom stereocenters. The summed E-state index contributed by atoms with van der Waals surface area (Å²) in [5, 5.41) is 8.44. The molecule has 0 spiro atoms. The number of rotatable bonds is 5. The van der Waals surface area contributed by atoms with Gasteiger partial charge in [-0.2, -0.15) is 0 Å². The number of carboxylic acids is 1. The Morgan fingerprint density at radius 1 is 1.42 bits per heavy atom. The van der Waals surface area contributed by atoms with E-state index in [0.29, 0.717) is 6.42 Å². The lowest BCUT2D eigenvalue weighted by Gasteiger charge is -1.93. The smallest absolute Gasteiger partial charge is 0.331 e. The molecule has 0 aliphatic carbocycles. The molecule has 12 heavy (non-hydrogen) atoms. The van der Waals surface area contributed by atoms with Crippen molar-refractivity contribution in [1.29, 1.82) is 0 Å². The number of carbonyl (C=O) groups excluding carboxylic acids is 1. The quantitative estimate of drug-likeness (QED) is 0.640. The average molecular weight is 170 g/mol. The van der Waals surface area contributed by atoms with Crippen molar-refractivity contribution >= 4 is 11.8 Å². The van der Waals surface area contributed by atoms with Gasteiger partial charge in [-0.3, -0.25) is 4.79 Å². The topological polar surface area (TPSA) is 54.4 Å². The highest BCUT2D eigenvalue weighted by Crippen LogP contribution is 1.99. The minimum Gasteiger partial charge on any atom is -0.478 e. The Morgan fingerprint density at radius 2 is 2.00 bits per heavy atom. The summed E-state index contributed by atoms with van der Waals surface area (Å²) in [5.74, 6) is -1.13. The molecule has 0 bridgehead atoms. The van der Waals surface area contributed by atoms with Crippen molar-refractivity contribution in [3.05, 3.63) is 11.6 Å². The third-order valence-corrected chi connectivity index (χ3v) is 1.49. The Bertz CT molecular complexity index is 204. The molecular weight excluding hydrogens is 156 g/mol. The van der Waals surface area contributed by atoms with E-state index in [-0.39, 0.29) is 11.4 Å². The molecule has 0 aromatic heterocycles. The van der Waals surface area contributed by atoms with Gasteiger partial charge in [0.15, 0.2) is 5.78 Å². The molecule has 0 aromatic carbocycles. The summed E-state index contributed by atoms with van der Waals surface area (Å²) in [7, 11) is 0. The molecule has 3 heteroatoms. The van der Waals surface area contributed by atoms with Crippen LogP contribution >= 0.6 is 0 Å². The molecule has 0 aliphatic heterocycles. The molecular formula is C9H14O3. The second kappa shape index (κ2) is 5.52. The highest BCUT2D eigenvalue weighted by Gasteiger charge is 2.03. The Labute approximate surface area is 72.1 Å². The molecule has 0 saturated carbocycles. The van der Waals surface area contributed by atoms with E-state index in [9.17, 15) is 9.59 Å². The Kier molecular flexibility index (Phi) is 5.00. The number of carboxylic acid groups (broad SMARTS) is 1. The van der Waals surface area contributed by atoms with Crippen LogP contribution in [-0.4, -0.2) is 16.9 Å². The van der Waals surface area contributed by atoms with Gasteiger partial charge in [0.1, 0.15) is 0 Å². The monoisotopic (exact) mass is 170 g/mol. The molecule has 0 atom stereocenters. The van der Waals surface area contributed by atoms with E-state index in [0.717, 1.165) is 12.8 Å². The first-order valence-electron chi connectivity index (χ1n) is 4.02. The first kappa shape index (κ1) is 10.9. The number of ketones is 1. The fraction of sp³-hybridized carbons (Fsp3) is 0.556. The molecule has 0 heterocycles. The van der Waals surface area contributed by atoms with Gasteiger partial charge >= 0.3 is 5.97 Å². The first-order chi connectivity index (χ1) is 5.57. The van der Waals surface area contributed by atoms with E-state index in [4.69, 9.17) is 5.11 Å². The third-order valence-electron chi connectivity index (χ3n) is 1.49. The lowest BCUT2D eigenvalue weighted by Crippen LogP contribution is -2.00. The summed E-state index contributed by atoms with van der Waals surface area (Å²) < 4.78 is 0. The molecule has 68 valence electrons. The molecule has 0 rings (SSSR count). The van der Waals surface area contributed by atoms with Crippen LogP contribution in [-0.2, 0) is 9.59 Å². The van der Waals surface area contributed by atoms with Gasteiger partial charge in [0.2, 0.25) is 0 Å². The van der Waals surface area contributed by atoms with Crippen LogP contribution in [0.15, 0.2) is 11.6 Å². The Hall–Kier alpha value is -1.12. The lowest BCUT2D eigenvalue weighted by atomic mass is 10.1. The van der Waals surface area contributed by atoms with E-state index >= 15 is 0 Å². The van der Waals surface area contributed by atoms with Crippen LogP contribution in [0.25, 0.3) is 0 Å². The van der Waals surface area contributed by atoms with Gasteiger partial charge in [0, 0.05) is 12.0 Å². The van der Waals surface area contributed by atoms with Crippen LogP contribution in [0.1, 0.15) is 33.1 Å². The maximum absolute atomic E-state index is 11.0. The minimum absolute atomic E-state index is 0.100. The van der Waals surface area contributed by atoms with Crippen molar-refractivity contribution in [2.75, 3.05) is 0 Å². The Morgan fingerprint density at radius 3 is 2.42 bits per heavy atom. The van der Waals surface area contributed by atoms with Crippen molar-refractivity contribution in [1.82, 2.24) is 0 Å². The van der Waals surface area contributed by atoms with Crippen LogP contribution in [0.4, 0.5) is 0 Å². The van der Waals surface area contributed by atoms with Crippen molar-refractivity contribution in [3.8, 4) is 0 Å². The van der Waals surface area contributed by atoms with Crippen molar-refractivity contribution in [3.63, 3.8) is 0 Å². The van der Waals surface area contributed by atoms with E-state index in [1.165, 1.54) is 13.0 Å². The molecule has 0 aliphatic rings. The van der Waals surface area contributed by atoms with Crippen LogP contribution in [0.3, 0.4) is 0 Å². The van der Waals surface area contributed by atoms with Gasteiger partial charge in [0.05, 0.1) is 0 Å². The molecule has 3 nitrogen and oxygen atoms in total. The number of hydrogen-bond donors (Lipinski definition) is 1. The zero-order valence-corrected chi connectivity index (χ0v) is 7.46. The Balaban J connectivity index is 3.97. The van der Waals surface area contributed by atoms with Gasteiger partial charge in [-0.05, 0) is 19.4 Å². The maximum atomic E-state index is 11.0. The molecule has 0 saturated heterocycles. The molecule has 0 amide bonds. The van der Waals surface area contributed by atoms with E-state index in [1.54, 1.807) is 0 Å². The third kappa shape index (κ3) is 4.66. The molecule has 0 radical (unpaired) electrons. The summed E-state index contributed by atoms with van der Waals surface area (Å²) in [4.78, 5) is 21.3. The van der Waals surface area contributed by atoms with E-state index in [1.807, 2.05) is 6.92 Å². The zero-order valence-electron chi connectivity index (χ0n) is 7.46. The summed E-state index contributed by atoms with van der Waals surface area (Å²) in [6.45, 7) is 3.41. The normalized spacial score (nSPS) is 11.3. The van der Waals surface area contributed by atoms with Crippen LogP contribution < -0.4 is 0 Å². The summed E-state index contributed by atoms with van der Waals surface area (Å²) in [5.41, 5.74) is 0.108. The van der Waals surface area contributed by atoms with Gasteiger partial charge in [0.25, 0.3) is 0 Å². The maximum Gasteiger partial charge on any atom is 0.331 e. The minimum atomic E-state index is -1.03. The standard InChI is InChI=1S/C9H14O3/c1-3-4-5-8(10)6-7(2)9(11)12/h6H,3-5H2,1-2H3,(H,11,12). The molecule has 0 fully saturated rings. The summed E-state index contributed by atoms with van der Waals surface area (Å²) in [6.07, 6.45) is 3.41. The number of unbranched alkanes of at least 4 members (excludes halogenated alkanes) is 1. The van der Waals surface area contributed by atoms with Crippen LogP contribution in [0.2, 0.25) is 0 Å². The highest BCUT2D eigenvalue weighted by atomic mass is 16.4. The fourth-order valence-corrected chi connectivity index (χ4v) is 0.726. The largest absolute Gasteiger partial charge is 0.478 e. The SMILES string of the molecule is CCCCC(=O)C=C(C)C(=O)O. The zero-order chi connectivity index (χ0) is 9.56. The van der Waals surface area contributed by atoms with Crippen LogP contribution in [0, 0.1) is 0 Å². The van der Waals surface area contributed by atoms with Gasteiger partial charge < -0.3 is 5.11 Å². The van der Waals surface area contributed by atoms with Gasteiger partial charge in [-0.1, -0.05) is 13.3 Å². The fourth-order valence-electron chi connectivity index (χ4n) is 0.726. The first-order valence-corrected chi connectivity index (χ1v) is 4.02. The summed E-state index contributed by atoms with van der Waals surface area (Å²) >= 11 is 0. The van der Waals surface area contributed by atoms with Crippen LogP contribution in [0.5, 0.6) is 0 Å². The van der Waals surface area contributed by atoms with E-state index < -0.39 is 5.97 Å². The second-order valence-corrected chi connectivity index (χ2v) is 2.70. The predicted molar refractivity (Wildman–Crippen MR) is 45.9 cm³/mol. The van der Waals surface area contributed by atoms with Crippen molar-refractivity contribution in [2.24, 2.45) is 0 Å². The number of hydrogen-bond acceptors (Lipinski definition) is 2. The molecule has 1 N–H and O–H groups in total. The predicted octanol–water partition coefficient (Wildman–Crippen LogP) is 1.78. The second-order valence-electron chi connectivity index (χ2n) is 2.70. The van der Waals surface area contributed by atoms with Gasteiger partial charge in [-0.25, -0.2) is 4.79 Å². The van der Waals surface area contributed by atoms with Crippen molar-refractivity contribution in [2.45, 2.75) is 33.1 Å². The van der Waals surface area contributed by atoms with E-state index in [2.05, 4.69) is 0 Å². The van der Waals surface area contributed by atoms with Crippen molar-refractivity contribution < 1.29 is 14.7 Å². The lowest BCUT2D eigenvalue weighted by molar-refractivity contribution is -0.132. The number of carbonyl (C=O) groups is 2. The summed E-state index contributed by atoms with van der Waals surface area (Å²) in [6, 6.07) is 0. The highest BCUT2D eigenvalue weighted by molar-refractivity contribution is 5.98.